The smallest absolute Gasteiger partial charge is 0.313 e. The van der Waals surface area contributed by atoms with Gasteiger partial charge in [0.25, 0.3) is 0 Å². The SMILES string of the molecule is Cc1nn(C)c(C)c1NC(=O)C(=O)NCC1COc2ccccc2O1. The lowest BCUT2D eigenvalue weighted by atomic mass is 10.2. The van der Waals surface area contributed by atoms with E-state index in [2.05, 4.69) is 15.7 Å². The lowest BCUT2D eigenvalue weighted by Crippen LogP contribution is -2.44. The van der Waals surface area contributed by atoms with Gasteiger partial charge in [0.05, 0.1) is 23.6 Å². The van der Waals surface area contributed by atoms with Gasteiger partial charge in [-0.2, -0.15) is 5.10 Å². The van der Waals surface area contributed by atoms with Crippen molar-refractivity contribution in [2.75, 3.05) is 18.5 Å². The van der Waals surface area contributed by atoms with E-state index in [-0.39, 0.29) is 12.6 Å². The van der Waals surface area contributed by atoms with E-state index in [1.54, 1.807) is 24.7 Å². The number of hydrogen-bond acceptors (Lipinski definition) is 5. The van der Waals surface area contributed by atoms with E-state index in [0.717, 1.165) is 5.69 Å². The standard InChI is InChI=1S/C17H20N4O4/c1-10-15(11(2)21(3)20-10)19-17(23)16(22)18-8-12-9-24-13-6-4-5-7-14(13)25-12/h4-7,12H,8-9H2,1-3H3,(H,18,22)(H,19,23). The summed E-state index contributed by atoms with van der Waals surface area (Å²) >= 11 is 0. The molecule has 2 N–H and O–H groups in total. The second-order valence-corrected chi connectivity index (χ2v) is 5.83. The van der Waals surface area contributed by atoms with Crippen molar-refractivity contribution in [3.63, 3.8) is 0 Å². The van der Waals surface area contributed by atoms with E-state index in [9.17, 15) is 9.59 Å². The third kappa shape index (κ3) is 3.57. The Bertz CT molecular complexity index is 815. The van der Waals surface area contributed by atoms with Crippen LogP contribution in [0.1, 0.15) is 11.4 Å². The summed E-state index contributed by atoms with van der Waals surface area (Å²) in [4.78, 5) is 24.1. The molecule has 1 atom stereocenters. The maximum Gasteiger partial charge on any atom is 0.313 e. The molecule has 0 fully saturated rings. The number of carbonyl (C=O) groups excluding carboxylic acids is 2. The quantitative estimate of drug-likeness (QED) is 0.808. The Morgan fingerprint density at radius 1 is 1.24 bits per heavy atom. The van der Waals surface area contributed by atoms with Crippen molar-refractivity contribution in [1.82, 2.24) is 15.1 Å². The molecule has 0 radical (unpaired) electrons. The van der Waals surface area contributed by atoms with Crippen LogP contribution >= 0.6 is 0 Å². The summed E-state index contributed by atoms with van der Waals surface area (Å²) < 4.78 is 13.0. The van der Waals surface area contributed by atoms with Crippen molar-refractivity contribution in [2.45, 2.75) is 20.0 Å². The predicted molar refractivity (Wildman–Crippen MR) is 90.7 cm³/mol. The van der Waals surface area contributed by atoms with Gasteiger partial charge in [0.15, 0.2) is 11.5 Å². The van der Waals surface area contributed by atoms with Crippen molar-refractivity contribution in [2.24, 2.45) is 7.05 Å². The van der Waals surface area contributed by atoms with Gasteiger partial charge in [-0.05, 0) is 26.0 Å². The van der Waals surface area contributed by atoms with E-state index < -0.39 is 11.8 Å². The molecule has 1 aromatic heterocycles. The number of rotatable bonds is 3. The summed E-state index contributed by atoms with van der Waals surface area (Å²) in [5.74, 6) is -0.175. The van der Waals surface area contributed by atoms with E-state index in [1.807, 2.05) is 25.1 Å². The number of amides is 2. The number of carbonyl (C=O) groups is 2. The number of ether oxygens (including phenoxy) is 2. The lowest BCUT2D eigenvalue weighted by molar-refractivity contribution is -0.136. The maximum atomic E-state index is 12.1. The monoisotopic (exact) mass is 344 g/mol. The van der Waals surface area contributed by atoms with Crippen LogP contribution in [0.15, 0.2) is 24.3 Å². The van der Waals surface area contributed by atoms with E-state index in [0.29, 0.717) is 29.5 Å². The molecular formula is C17H20N4O4. The number of anilines is 1. The van der Waals surface area contributed by atoms with Crippen LogP contribution in [0.4, 0.5) is 5.69 Å². The van der Waals surface area contributed by atoms with Crippen LogP contribution in [0.5, 0.6) is 11.5 Å². The van der Waals surface area contributed by atoms with Crippen molar-refractivity contribution < 1.29 is 19.1 Å². The van der Waals surface area contributed by atoms with Crippen LogP contribution in [-0.4, -0.2) is 40.9 Å². The first kappa shape index (κ1) is 16.8. The van der Waals surface area contributed by atoms with Crippen molar-refractivity contribution in [1.29, 1.82) is 0 Å². The first-order valence-electron chi connectivity index (χ1n) is 7.93. The number of para-hydroxylation sites is 2. The van der Waals surface area contributed by atoms with Crippen LogP contribution in [0.25, 0.3) is 0 Å². The molecule has 3 rings (SSSR count). The summed E-state index contributed by atoms with van der Waals surface area (Å²) in [6, 6.07) is 7.31. The Balaban J connectivity index is 1.53. The zero-order valence-corrected chi connectivity index (χ0v) is 14.3. The van der Waals surface area contributed by atoms with Gasteiger partial charge in [-0.1, -0.05) is 12.1 Å². The summed E-state index contributed by atoms with van der Waals surface area (Å²) in [6.45, 7) is 4.06. The average Bonchev–Trinajstić information content (AvgIpc) is 2.85. The van der Waals surface area contributed by atoms with Gasteiger partial charge in [-0.15, -0.1) is 0 Å². The van der Waals surface area contributed by atoms with Gasteiger partial charge < -0.3 is 20.1 Å². The Hall–Kier alpha value is -3.03. The summed E-state index contributed by atoms with van der Waals surface area (Å²) in [5.41, 5.74) is 1.98. The summed E-state index contributed by atoms with van der Waals surface area (Å²) in [6.07, 6.45) is -0.353. The minimum atomic E-state index is -0.740. The third-order valence-corrected chi connectivity index (χ3v) is 4.01. The summed E-state index contributed by atoms with van der Waals surface area (Å²) in [7, 11) is 1.77. The minimum absolute atomic E-state index is 0.172. The van der Waals surface area contributed by atoms with Crippen molar-refractivity contribution in [3.8, 4) is 11.5 Å². The fourth-order valence-corrected chi connectivity index (χ4v) is 2.58. The zero-order valence-electron chi connectivity index (χ0n) is 14.3. The largest absolute Gasteiger partial charge is 0.486 e. The number of aryl methyl sites for hydroxylation is 2. The molecule has 1 unspecified atom stereocenters. The Kier molecular flexibility index (Phi) is 4.60. The van der Waals surface area contributed by atoms with Gasteiger partial charge in [-0.3, -0.25) is 14.3 Å². The molecule has 132 valence electrons. The molecule has 0 saturated carbocycles. The van der Waals surface area contributed by atoms with E-state index in [1.165, 1.54) is 0 Å². The molecule has 25 heavy (non-hydrogen) atoms. The number of aromatic nitrogens is 2. The molecule has 1 aromatic carbocycles. The van der Waals surface area contributed by atoms with Gasteiger partial charge in [0.1, 0.15) is 12.7 Å². The highest BCUT2D eigenvalue weighted by Gasteiger charge is 2.23. The zero-order chi connectivity index (χ0) is 18.0. The molecule has 0 spiro atoms. The molecule has 2 amide bonds. The summed E-state index contributed by atoms with van der Waals surface area (Å²) in [5, 5.41) is 9.36. The Labute approximate surface area is 145 Å². The number of nitrogens with zero attached hydrogens (tertiary/aromatic N) is 2. The highest BCUT2D eigenvalue weighted by atomic mass is 16.6. The van der Waals surface area contributed by atoms with Crippen LogP contribution in [0, 0.1) is 13.8 Å². The number of hydrogen-bond donors (Lipinski definition) is 2. The maximum absolute atomic E-state index is 12.1. The molecule has 0 bridgehead atoms. The first-order valence-corrected chi connectivity index (χ1v) is 7.93. The fraction of sp³-hybridized carbons (Fsp3) is 0.353. The highest BCUT2D eigenvalue weighted by molar-refractivity contribution is 6.39. The molecule has 8 nitrogen and oxygen atoms in total. The number of nitrogens with one attached hydrogen (secondary N) is 2. The van der Waals surface area contributed by atoms with Crippen LogP contribution in [-0.2, 0) is 16.6 Å². The van der Waals surface area contributed by atoms with E-state index >= 15 is 0 Å². The molecule has 0 aliphatic carbocycles. The van der Waals surface area contributed by atoms with Crippen molar-refractivity contribution >= 4 is 17.5 Å². The first-order chi connectivity index (χ1) is 12.0. The Morgan fingerprint density at radius 3 is 2.64 bits per heavy atom. The lowest BCUT2D eigenvalue weighted by Gasteiger charge is -2.26. The Morgan fingerprint density at radius 2 is 1.96 bits per heavy atom. The van der Waals surface area contributed by atoms with Gasteiger partial charge in [-0.25, -0.2) is 0 Å². The normalized spacial score (nSPS) is 15.6. The molecule has 2 aromatic rings. The molecule has 1 aliphatic heterocycles. The molecule has 8 heteroatoms. The van der Waals surface area contributed by atoms with Crippen LogP contribution < -0.4 is 20.1 Å². The van der Waals surface area contributed by atoms with E-state index in [4.69, 9.17) is 9.47 Å². The minimum Gasteiger partial charge on any atom is -0.486 e. The number of fused-ring (bicyclic) bond motifs is 1. The molecule has 0 saturated heterocycles. The van der Waals surface area contributed by atoms with Crippen LogP contribution in [0.3, 0.4) is 0 Å². The predicted octanol–water partition coefficient (Wildman–Crippen LogP) is 0.932. The molecule has 2 heterocycles. The second kappa shape index (κ2) is 6.84. The molecule has 1 aliphatic rings. The third-order valence-electron chi connectivity index (χ3n) is 4.01. The van der Waals surface area contributed by atoms with Crippen LogP contribution in [0.2, 0.25) is 0 Å². The van der Waals surface area contributed by atoms with Gasteiger partial charge in [0.2, 0.25) is 0 Å². The second-order valence-electron chi connectivity index (χ2n) is 5.83. The van der Waals surface area contributed by atoms with Gasteiger partial charge >= 0.3 is 11.8 Å². The fourth-order valence-electron chi connectivity index (χ4n) is 2.58. The average molecular weight is 344 g/mol. The van der Waals surface area contributed by atoms with Crippen molar-refractivity contribution in [3.05, 3.63) is 35.7 Å². The van der Waals surface area contributed by atoms with Gasteiger partial charge in [0, 0.05) is 7.05 Å². The number of benzene rings is 1. The topological polar surface area (TPSA) is 94.5 Å². The highest BCUT2D eigenvalue weighted by Crippen LogP contribution is 2.30. The molecular weight excluding hydrogens is 324 g/mol.